The summed E-state index contributed by atoms with van der Waals surface area (Å²) in [5, 5.41) is 3.82. The van der Waals surface area contributed by atoms with Gasteiger partial charge in [0.15, 0.2) is 0 Å². The highest BCUT2D eigenvalue weighted by Crippen LogP contribution is 2.34. The minimum Gasteiger partial charge on any atom is -0.365 e. The van der Waals surface area contributed by atoms with Crippen molar-refractivity contribution < 1.29 is 9.18 Å². The number of aromatic nitrogens is 2. The van der Waals surface area contributed by atoms with Crippen LogP contribution in [0.25, 0.3) is 21.3 Å². The zero-order valence-corrected chi connectivity index (χ0v) is 15.3. The van der Waals surface area contributed by atoms with Gasteiger partial charge in [-0.05, 0) is 35.9 Å². The number of fused-ring (bicyclic) bond motifs is 1. The summed E-state index contributed by atoms with van der Waals surface area (Å²) in [6.07, 6.45) is 3.19. The van der Waals surface area contributed by atoms with Gasteiger partial charge < -0.3 is 11.1 Å². The van der Waals surface area contributed by atoms with Crippen molar-refractivity contribution in [1.82, 2.24) is 9.97 Å². The third-order valence-corrected chi connectivity index (χ3v) is 5.15. The zero-order valence-electron chi connectivity index (χ0n) is 13.7. The van der Waals surface area contributed by atoms with Crippen LogP contribution in [0.3, 0.4) is 0 Å². The van der Waals surface area contributed by atoms with Gasteiger partial charge in [-0.3, -0.25) is 14.8 Å². The number of nitrogens with two attached hydrogens (primary N) is 1. The number of carbonyl (C=O) groups excluding carboxylic acids is 1. The molecule has 0 atom stereocenters. The summed E-state index contributed by atoms with van der Waals surface area (Å²) >= 11 is 7.37. The summed E-state index contributed by atoms with van der Waals surface area (Å²) in [5.41, 5.74) is 10.1. The van der Waals surface area contributed by atoms with Crippen LogP contribution in [0.5, 0.6) is 0 Å². The van der Waals surface area contributed by atoms with E-state index in [0.717, 1.165) is 10.4 Å². The van der Waals surface area contributed by atoms with Crippen LogP contribution >= 0.6 is 22.9 Å². The number of nitrogens with one attached hydrogen (secondary N) is 1. The van der Waals surface area contributed by atoms with Crippen molar-refractivity contribution in [3.05, 3.63) is 70.7 Å². The molecule has 0 unspecified atom stereocenters. The average Bonchev–Trinajstić information content (AvgIpc) is 3.19. The first kappa shape index (κ1) is 17.4. The summed E-state index contributed by atoms with van der Waals surface area (Å²) in [4.78, 5) is 21.3. The highest BCUT2D eigenvalue weighted by molar-refractivity contribution is 7.13. The fourth-order valence-corrected chi connectivity index (χ4v) is 3.54. The fraction of sp³-hybridized carbons (Fsp3) is 0. The van der Waals surface area contributed by atoms with Crippen molar-refractivity contribution in [3.63, 3.8) is 0 Å². The summed E-state index contributed by atoms with van der Waals surface area (Å²) in [6.45, 7) is 0. The van der Waals surface area contributed by atoms with Crippen molar-refractivity contribution in [3.8, 4) is 10.4 Å². The second-order valence-corrected chi connectivity index (χ2v) is 7.06. The van der Waals surface area contributed by atoms with E-state index in [-0.39, 0.29) is 10.6 Å². The number of benzene rings is 2. The van der Waals surface area contributed by atoms with Crippen molar-refractivity contribution in [1.29, 1.82) is 0 Å². The summed E-state index contributed by atoms with van der Waals surface area (Å²) in [7, 11) is 0. The Labute approximate surface area is 162 Å². The molecule has 0 fully saturated rings. The maximum Gasteiger partial charge on any atom is 0.252 e. The van der Waals surface area contributed by atoms with Gasteiger partial charge in [-0.1, -0.05) is 17.7 Å². The van der Waals surface area contributed by atoms with Gasteiger partial charge in [0.2, 0.25) is 0 Å². The third-order valence-electron chi connectivity index (χ3n) is 4.04. The van der Waals surface area contributed by atoms with Crippen molar-refractivity contribution in [2.45, 2.75) is 0 Å². The Balaban J connectivity index is 1.91. The van der Waals surface area contributed by atoms with E-state index in [1.165, 1.54) is 35.7 Å². The van der Waals surface area contributed by atoms with Gasteiger partial charge in [0.25, 0.3) is 5.91 Å². The molecule has 0 bridgehead atoms. The largest absolute Gasteiger partial charge is 0.365 e. The number of anilines is 2. The second kappa shape index (κ2) is 6.94. The van der Waals surface area contributed by atoms with E-state index in [2.05, 4.69) is 15.3 Å². The highest BCUT2D eigenvalue weighted by Gasteiger charge is 2.15. The molecule has 4 aromatic rings. The van der Waals surface area contributed by atoms with Gasteiger partial charge in [-0.25, -0.2) is 4.39 Å². The fourth-order valence-electron chi connectivity index (χ4n) is 2.74. The minimum atomic E-state index is -0.622. The smallest absolute Gasteiger partial charge is 0.252 e. The molecule has 1 amide bonds. The van der Waals surface area contributed by atoms with Gasteiger partial charge in [-0.15, -0.1) is 11.3 Å². The van der Waals surface area contributed by atoms with Crippen LogP contribution in [0.15, 0.2) is 54.3 Å². The van der Waals surface area contributed by atoms with Crippen LogP contribution in [0.2, 0.25) is 5.02 Å². The molecule has 27 heavy (non-hydrogen) atoms. The van der Waals surface area contributed by atoms with Crippen LogP contribution in [-0.4, -0.2) is 15.9 Å². The summed E-state index contributed by atoms with van der Waals surface area (Å²) < 4.78 is 13.5. The molecule has 2 heterocycles. The van der Waals surface area contributed by atoms with E-state index in [0.29, 0.717) is 22.3 Å². The van der Waals surface area contributed by atoms with Gasteiger partial charge >= 0.3 is 0 Å². The molecule has 2 aromatic heterocycles. The molecule has 0 saturated carbocycles. The molecule has 134 valence electrons. The number of hydrogen-bond donors (Lipinski definition) is 2. The number of nitrogens with zero attached hydrogens (tertiary/aromatic N) is 2. The number of pyridine rings is 1. The number of carbonyl (C=O) groups is 1. The zero-order chi connectivity index (χ0) is 19.0. The molecule has 4 rings (SSSR count). The SMILES string of the molecule is NC(=O)c1cnc2ccc(-c3cncs3)cc2c1Nc1ccc(F)c(Cl)c1. The predicted molar refractivity (Wildman–Crippen MR) is 106 cm³/mol. The van der Waals surface area contributed by atoms with E-state index >= 15 is 0 Å². The summed E-state index contributed by atoms with van der Waals surface area (Å²) in [6, 6.07) is 9.94. The normalized spacial score (nSPS) is 10.9. The topological polar surface area (TPSA) is 80.9 Å². The number of thiazole rings is 1. The number of halogens is 2. The predicted octanol–water partition coefficient (Wildman–Crippen LogP) is 4.99. The standard InChI is InChI=1S/C19H12ClFN4OS/c20-14-6-11(2-3-15(14)21)25-18-12-5-10(17-8-23-9-27-17)1-4-16(12)24-7-13(18)19(22)26/h1-9H,(H2,22,26)(H,24,25). The number of hydrogen-bond acceptors (Lipinski definition) is 5. The van der Waals surface area contributed by atoms with Gasteiger partial charge in [0, 0.05) is 23.5 Å². The number of primary amides is 1. The van der Waals surface area contributed by atoms with Crippen LogP contribution < -0.4 is 11.1 Å². The molecule has 0 saturated heterocycles. The number of rotatable bonds is 4. The summed E-state index contributed by atoms with van der Waals surface area (Å²) in [5.74, 6) is -1.15. The first-order valence-corrected chi connectivity index (χ1v) is 9.12. The van der Waals surface area contributed by atoms with Crippen molar-refractivity contribution in [2.24, 2.45) is 5.73 Å². The Morgan fingerprint density at radius 3 is 2.74 bits per heavy atom. The highest BCUT2D eigenvalue weighted by atomic mass is 35.5. The quantitative estimate of drug-likeness (QED) is 0.507. The van der Waals surface area contributed by atoms with Crippen LogP contribution in [-0.2, 0) is 0 Å². The molecule has 3 N–H and O–H groups in total. The first-order chi connectivity index (χ1) is 13.0. The van der Waals surface area contributed by atoms with Crippen LogP contribution in [0.4, 0.5) is 15.8 Å². The Morgan fingerprint density at radius 2 is 2.04 bits per heavy atom. The second-order valence-electron chi connectivity index (χ2n) is 5.76. The van der Waals surface area contributed by atoms with Crippen LogP contribution in [0, 0.1) is 5.82 Å². The Bertz CT molecular complexity index is 1160. The van der Waals surface area contributed by atoms with Gasteiger partial charge in [0.05, 0.1) is 32.2 Å². The van der Waals surface area contributed by atoms with E-state index in [4.69, 9.17) is 17.3 Å². The Kier molecular flexibility index (Phi) is 4.47. The molecular weight excluding hydrogens is 387 g/mol. The molecule has 0 aliphatic heterocycles. The van der Waals surface area contributed by atoms with Crippen LogP contribution in [0.1, 0.15) is 10.4 Å². The van der Waals surface area contributed by atoms with E-state index in [1.807, 2.05) is 18.2 Å². The molecule has 0 aliphatic rings. The Morgan fingerprint density at radius 1 is 1.19 bits per heavy atom. The van der Waals surface area contributed by atoms with E-state index in [1.54, 1.807) is 11.7 Å². The first-order valence-electron chi connectivity index (χ1n) is 7.86. The maximum atomic E-state index is 13.5. The Hall–Kier alpha value is -3.03. The maximum absolute atomic E-state index is 13.5. The van der Waals surface area contributed by atoms with E-state index in [9.17, 15) is 9.18 Å². The van der Waals surface area contributed by atoms with Gasteiger partial charge in [-0.2, -0.15) is 0 Å². The number of amides is 1. The lowest BCUT2D eigenvalue weighted by atomic mass is 10.0. The lowest BCUT2D eigenvalue weighted by Crippen LogP contribution is -2.14. The van der Waals surface area contributed by atoms with Crippen molar-refractivity contribution in [2.75, 3.05) is 5.32 Å². The minimum absolute atomic E-state index is 0.0238. The molecule has 0 spiro atoms. The van der Waals surface area contributed by atoms with Crippen molar-refractivity contribution >= 4 is 51.1 Å². The molecule has 2 aromatic carbocycles. The molecular formula is C19H12ClFN4OS. The lowest BCUT2D eigenvalue weighted by Gasteiger charge is -2.14. The monoisotopic (exact) mass is 398 g/mol. The molecule has 5 nitrogen and oxygen atoms in total. The molecule has 0 aliphatic carbocycles. The lowest BCUT2D eigenvalue weighted by molar-refractivity contribution is 0.100. The van der Waals surface area contributed by atoms with Gasteiger partial charge in [0.1, 0.15) is 5.82 Å². The molecule has 0 radical (unpaired) electrons. The average molecular weight is 399 g/mol. The molecule has 8 heteroatoms. The van der Waals surface area contributed by atoms with E-state index < -0.39 is 11.7 Å². The third kappa shape index (κ3) is 3.34.